The molecular weight excluding hydrogens is 330 g/mol. The quantitative estimate of drug-likeness (QED) is 0.558. The van der Waals surface area contributed by atoms with Crippen LogP contribution in [0, 0.1) is 0 Å². The average molecular weight is 345 g/mol. The summed E-state index contributed by atoms with van der Waals surface area (Å²) in [5.41, 5.74) is 3.48. The summed E-state index contributed by atoms with van der Waals surface area (Å²) < 4.78 is 1.80. The fourth-order valence-corrected chi connectivity index (χ4v) is 2.97. The molecule has 0 aliphatic rings. The topological polar surface area (TPSA) is 87.5 Å². The van der Waals surface area contributed by atoms with Crippen LogP contribution < -0.4 is 5.56 Å². The lowest BCUT2D eigenvalue weighted by Crippen LogP contribution is -2.10. The highest BCUT2D eigenvalue weighted by atomic mass is 16.4. The van der Waals surface area contributed by atoms with Crippen LogP contribution in [0.2, 0.25) is 0 Å². The number of carboxylic acids is 1. The number of benzene rings is 2. The van der Waals surface area contributed by atoms with Crippen molar-refractivity contribution in [1.82, 2.24) is 14.4 Å². The van der Waals surface area contributed by atoms with Crippen molar-refractivity contribution in [3.63, 3.8) is 0 Å². The summed E-state index contributed by atoms with van der Waals surface area (Å²) >= 11 is 0. The predicted molar refractivity (Wildman–Crippen MR) is 100 cm³/mol. The number of aliphatic carboxylic acids is 1. The molecule has 0 fully saturated rings. The minimum absolute atomic E-state index is 0.225. The molecule has 4 rings (SSSR count). The van der Waals surface area contributed by atoms with Gasteiger partial charge < -0.3 is 10.1 Å². The van der Waals surface area contributed by atoms with E-state index in [1.54, 1.807) is 35.7 Å². The number of nitrogens with one attached hydrogen (secondary N) is 1. The summed E-state index contributed by atoms with van der Waals surface area (Å²) in [6.07, 6.45) is 3.14. The zero-order valence-corrected chi connectivity index (χ0v) is 13.9. The normalized spacial score (nSPS) is 12.0. The number of carbonyl (C=O) groups is 1. The third kappa shape index (κ3) is 2.57. The lowest BCUT2D eigenvalue weighted by Gasteiger charge is -2.07. The highest BCUT2D eigenvalue weighted by Gasteiger charge is 2.13. The molecule has 0 aliphatic carbocycles. The monoisotopic (exact) mass is 345 g/mol. The lowest BCUT2D eigenvalue weighted by molar-refractivity contribution is -0.132. The first-order valence-electron chi connectivity index (χ1n) is 8.05. The number of rotatable bonds is 3. The fourth-order valence-electron chi connectivity index (χ4n) is 2.97. The minimum atomic E-state index is -0.968. The summed E-state index contributed by atoms with van der Waals surface area (Å²) in [7, 11) is 0. The molecule has 128 valence electrons. The Morgan fingerprint density at radius 1 is 1.15 bits per heavy atom. The second kappa shape index (κ2) is 6.00. The van der Waals surface area contributed by atoms with Crippen LogP contribution in [0.1, 0.15) is 12.5 Å². The third-order valence-corrected chi connectivity index (χ3v) is 4.26. The van der Waals surface area contributed by atoms with Crippen molar-refractivity contribution in [2.45, 2.75) is 6.92 Å². The lowest BCUT2D eigenvalue weighted by atomic mass is 10.1. The van der Waals surface area contributed by atoms with E-state index < -0.39 is 5.97 Å². The van der Waals surface area contributed by atoms with Gasteiger partial charge in [-0.2, -0.15) is 0 Å². The van der Waals surface area contributed by atoms with Crippen LogP contribution >= 0.6 is 0 Å². The number of carboxylic acid groups (broad SMARTS) is 1. The van der Waals surface area contributed by atoms with Gasteiger partial charge in [-0.3, -0.25) is 9.20 Å². The molecule has 0 spiro atoms. The van der Waals surface area contributed by atoms with Gasteiger partial charge >= 0.3 is 5.97 Å². The van der Waals surface area contributed by atoms with E-state index in [0.717, 1.165) is 16.6 Å². The van der Waals surface area contributed by atoms with Crippen molar-refractivity contribution >= 4 is 28.6 Å². The molecule has 4 aromatic rings. The highest BCUT2D eigenvalue weighted by Crippen LogP contribution is 2.23. The molecule has 0 bridgehead atoms. The zero-order valence-electron chi connectivity index (χ0n) is 13.9. The third-order valence-electron chi connectivity index (χ3n) is 4.26. The van der Waals surface area contributed by atoms with Gasteiger partial charge in [0.15, 0.2) is 0 Å². The van der Waals surface area contributed by atoms with Gasteiger partial charge in [-0.05, 0) is 30.7 Å². The molecule has 2 aromatic carbocycles. The molecule has 2 heterocycles. The maximum atomic E-state index is 12.4. The molecule has 0 radical (unpaired) electrons. The number of aromatic amines is 1. The van der Waals surface area contributed by atoms with Crippen LogP contribution in [0.3, 0.4) is 0 Å². The second-order valence-electron chi connectivity index (χ2n) is 6.03. The van der Waals surface area contributed by atoms with E-state index in [-0.39, 0.29) is 11.1 Å². The Labute approximate surface area is 148 Å². The minimum Gasteiger partial charge on any atom is -0.478 e. The summed E-state index contributed by atoms with van der Waals surface area (Å²) in [6.45, 7) is 1.54. The van der Waals surface area contributed by atoms with Crippen molar-refractivity contribution in [2.24, 2.45) is 0 Å². The molecular formula is C20H15N3O3. The molecule has 0 unspecified atom stereocenters. The average Bonchev–Trinajstić information content (AvgIpc) is 3.09. The SMILES string of the molecule is C/C(=C\c1ccc2[nH]c(=O)c3cnc(-c4ccccc4)n3c2c1)C(=O)O. The Bertz CT molecular complexity index is 1230. The van der Waals surface area contributed by atoms with Crippen LogP contribution in [-0.2, 0) is 4.79 Å². The number of hydrogen-bond acceptors (Lipinski definition) is 3. The maximum Gasteiger partial charge on any atom is 0.331 e. The fraction of sp³-hybridized carbons (Fsp3) is 0.0500. The van der Waals surface area contributed by atoms with E-state index in [9.17, 15) is 9.59 Å². The number of imidazole rings is 1. The zero-order chi connectivity index (χ0) is 18.3. The first kappa shape index (κ1) is 15.8. The van der Waals surface area contributed by atoms with E-state index in [1.165, 1.54) is 0 Å². The Morgan fingerprint density at radius 3 is 2.65 bits per heavy atom. The molecule has 0 saturated carbocycles. The summed E-state index contributed by atoms with van der Waals surface area (Å²) in [4.78, 5) is 30.8. The standard InChI is InChI=1S/C20H15N3O3/c1-12(20(25)26)9-13-7-8-15-16(10-13)23-17(19(24)22-15)11-21-18(23)14-5-3-2-4-6-14/h2-11H,1H3,(H,22,24)(H,25,26)/b12-9+. The Hall–Kier alpha value is -3.67. The molecule has 0 saturated heterocycles. The van der Waals surface area contributed by atoms with Gasteiger partial charge in [-0.1, -0.05) is 36.4 Å². The molecule has 2 N–H and O–H groups in total. The maximum absolute atomic E-state index is 12.4. The molecule has 0 aliphatic heterocycles. The number of fused-ring (bicyclic) bond motifs is 3. The van der Waals surface area contributed by atoms with Crippen LogP contribution in [0.4, 0.5) is 0 Å². The van der Waals surface area contributed by atoms with Gasteiger partial charge in [0.05, 0.1) is 17.2 Å². The van der Waals surface area contributed by atoms with E-state index in [2.05, 4.69) is 9.97 Å². The first-order chi connectivity index (χ1) is 12.5. The van der Waals surface area contributed by atoms with Gasteiger partial charge in [0, 0.05) is 11.1 Å². The largest absolute Gasteiger partial charge is 0.478 e. The van der Waals surface area contributed by atoms with Crippen molar-refractivity contribution in [2.75, 3.05) is 0 Å². The number of hydrogen-bond donors (Lipinski definition) is 2. The summed E-state index contributed by atoms with van der Waals surface area (Å²) in [5, 5.41) is 9.09. The Morgan fingerprint density at radius 2 is 1.92 bits per heavy atom. The number of H-pyrrole nitrogens is 1. The summed E-state index contributed by atoms with van der Waals surface area (Å²) in [5.74, 6) is -0.308. The van der Waals surface area contributed by atoms with Crippen molar-refractivity contribution in [3.8, 4) is 11.4 Å². The van der Waals surface area contributed by atoms with Gasteiger partial charge in [0.1, 0.15) is 11.3 Å². The molecule has 2 aromatic heterocycles. The molecule has 0 amide bonds. The molecule has 0 atom stereocenters. The van der Waals surface area contributed by atoms with Crippen molar-refractivity contribution in [1.29, 1.82) is 0 Å². The van der Waals surface area contributed by atoms with Crippen LogP contribution in [0.25, 0.3) is 34.0 Å². The van der Waals surface area contributed by atoms with Crippen LogP contribution in [0.5, 0.6) is 0 Å². The van der Waals surface area contributed by atoms with E-state index in [4.69, 9.17) is 5.11 Å². The van der Waals surface area contributed by atoms with Gasteiger partial charge in [-0.15, -0.1) is 0 Å². The van der Waals surface area contributed by atoms with Crippen molar-refractivity contribution in [3.05, 3.63) is 76.2 Å². The summed E-state index contributed by atoms with van der Waals surface area (Å²) in [6, 6.07) is 15.0. The molecule has 6 heteroatoms. The van der Waals surface area contributed by atoms with Crippen LogP contribution in [0.15, 0.2) is 65.1 Å². The van der Waals surface area contributed by atoms with E-state index in [1.807, 2.05) is 36.4 Å². The first-order valence-corrected chi connectivity index (χ1v) is 8.05. The molecule has 26 heavy (non-hydrogen) atoms. The Balaban J connectivity index is 2.06. The predicted octanol–water partition coefficient (Wildman–Crippen LogP) is 3.33. The van der Waals surface area contributed by atoms with Gasteiger partial charge in [0.25, 0.3) is 5.56 Å². The Kier molecular flexibility index (Phi) is 3.65. The number of nitrogens with zero attached hydrogens (tertiary/aromatic N) is 2. The number of aromatic nitrogens is 3. The van der Waals surface area contributed by atoms with Crippen molar-refractivity contribution < 1.29 is 9.90 Å². The smallest absolute Gasteiger partial charge is 0.331 e. The van der Waals surface area contributed by atoms with E-state index in [0.29, 0.717) is 16.9 Å². The van der Waals surface area contributed by atoms with Crippen LogP contribution in [-0.4, -0.2) is 25.4 Å². The second-order valence-corrected chi connectivity index (χ2v) is 6.03. The highest BCUT2D eigenvalue weighted by molar-refractivity contribution is 5.92. The van der Waals surface area contributed by atoms with Gasteiger partial charge in [-0.25, -0.2) is 9.78 Å². The molecule has 6 nitrogen and oxygen atoms in total. The van der Waals surface area contributed by atoms with E-state index >= 15 is 0 Å². The van der Waals surface area contributed by atoms with Gasteiger partial charge in [0.2, 0.25) is 0 Å².